The quantitative estimate of drug-likeness (QED) is 0.781. The number of hydrogen-bond donors (Lipinski definition) is 1. The molecule has 2 rings (SSSR count). The Morgan fingerprint density at radius 2 is 2.19 bits per heavy atom. The van der Waals surface area contributed by atoms with Crippen LogP contribution in [0.4, 0.5) is 0 Å². The molecule has 2 aromatic heterocycles. The number of pyridine rings is 1. The Bertz CT molecular complexity index is 546. The highest BCUT2D eigenvalue weighted by Gasteiger charge is 2.07. The zero-order valence-electron chi connectivity index (χ0n) is 9.01. The second-order valence-corrected chi connectivity index (χ2v) is 3.82. The largest absolute Gasteiger partial charge is 0.389 e. The van der Waals surface area contributed by atoms with Crippen LogP contribution >= 0.6 is 12.2 Å². The predicted octanol–water partition coefficient (Wildman–Crippen LogP) is 0.913. The Balaban J connectivity index is 2.52. The zero-order valence-corrected chi connectivity index (χ0v) is 9.82. The van der Waals surface area contributed by atoms with Crippen LogP contribution in [0, 0.1) is 13.8 Å². The van der Waals surface area contributed by atoms with E-state index in [9.17, 15) is 0 Å². The smallest absolute Gasteiger partial charge is 0.156 e. The highest BCUT2D eigenvalue weighted by atomic mass is 32.1. The summed E-state index contributed by atoms with van der Waals surface area (Å²) < 4.78 is 1.66. The fourth-order valence-electron chi connectivity index (χ4n) is 1.43. The summed E-state index contributed by atoms with van der Waals surface area (Å²) in [7, 11) is 0. The molecule has 0 aromatic carbocycles. The summed E-state index contributed by atoms with van der Waals surface area (Å²) in [6.45, 7) is 3.70. The summed E-state index contributed by atoms with van der Waals surface area (Å²) in [5, 5.41) is 4.24. The van der Waals surface area contributed by atoms with E-state index in [-0.39, 0.29) is 0 Å². The van der Waals surface area contributed by atoms with E-state index >= 15 is 0 Å². The Morgan fingerprint density at radius 3 is 2.75 bits per heavy atom. The highest BCUT2D eigenvalue weighted by molar-refractivity contribution is 7.80. The lowest BCUT2D eigenvalue weighted by Gasteiger charge is -2.03. The molecule has 0 bridgehead atoms. The van der Waals surface area contributed by atoms with E-state index in [1.807, 2.05) is 13.8 Å². The Morgan fingerprint density at radius 1 is 1.44 bits per heavy atom. The summed E-state index contributed by atoms with van der Waals surface area (Å²) >= 11 is 4.91. The normalized spacial score (nSPS) is 10.4. The predicted molar refractivity (Wildman–Crippen MR) is 64.5 cm³/mol. The molecule has 0 atom stereocenters. The molecule has 5 nitrogen and oxygen atoms in total. The van der Waals surface area contributed by atoms with E-state index in [2.05, 4.69) is 15.1 Å². The van der Waals surface area contributed by atoms with Crippen molar-refractivity contribution in [3.05, 3.63) is 35.5 Å². The van der Waals surface area contributed by atoms with Gasteiger partial charge in [0.15, 0.2) is 5.82 Å². The van der Waals surface area contributed by atoms with Crippen molar-refractivity contribution in [3.8, 4) is 5.82 Å². The number of nitrogens with zero attached hydrogens (tertiary/aromatic N) is 4. The van der Waals surface area contributed by atoms with Crippen LogP contribution in [0.3, 0.4) is 0 Å². The third-order valence-corrected chi connectivity index (χ3v) is 2.36. The van der Waals surface area contributed by atoms with Gasteiger partial charge < -0.3 is 5.73 Å². The first-order chi connectivity index (χ1) is 7.58. The monoisotopic (exact) mass is 233 g/mol. The highest BCUT2D eigenvalue weighted by Crippen LogP contribution is 2.08. The average Bonchev–Trinajstić information content (AvgIpc) is 2.58. The van der Waals surface area contributed by atoms with E-state index in [1.54, 1.807) is 23.0 Å². The van der Waals surface area contributed by atoms with Gasteiger partial charge in [-0.25, -0.2) is 9.97 Å². The molecule has 0 spiro atoms. The molecule has 0 fully saturated rings. The molecule has 82 valence electrons. The molecule has 0 amide bonds. The number of thiocarbonyl (C=S) groups is 1. The minimum atomic E-state index is 0.346. The Hall–Kier alpha value is -1.82. The van der Waals surface area contributed by atoms with Crippen molar-refractivity contribution in [1.82, 2.24) is 19.7 Å². The third-order valence-electron chi connectivity index (χ3n) is 2.12. The molecular weight excluding hydrogens is 222 g/mol. The van der Waals surface area contributed by atoms with E-state index < -0.39 is 0 Å². The van der Waals surface area contributed by atoms with Crippen LogP contribution in [0.25, 0.3) is 5.82 Å². The summed E-state index contributed by atoms with van der Waals surface area (Å²) in [6, 6.07) is 3.56. The van der Waals surface area contributed by atoms with Crippen LogP contribution in [-0.2, 0) is 0 Å². The summed E-state index contributed by atoms with van der Waals surface area (Å²) in [5.74, 6) is 2.16. The summed E-state index contributed by atoms with van der Waals surface area (Å²) in [5.41, 5.74) is 6.33. The number of nitrogens with two attached hydrogens (primary N) is 1. The van der Waals surface area contributed by atoms with Gasteiger partial charge in [-0.3, -0.25) is 0 Å². The molecule has 0 saturated heterocycles. The number of aryl methyl sites for hydroxylation is 2. The summed E-state index contributed by atoms with van der Waals surface area (Å²) in [4.78, 5) is 8.77. The average molecular weight is 233 g/mol. The molecule has 0 radical (unpaired) electrons. The first-order valence-electron chi connectivity index (χ1n) is 4.74. The second-order valence-electron chi connectivity index (χ2n) is 3.39. The molecule has 0 aliphatic rings. The number of hydrogen-bond acceptors (Lipinski definition) is 4. The van der Waals surface area contributed by atoms with Crippen LogP contribution in [0.5, 0.6) is 0 Å². The van der Waals surface area contributed by atoms with Gasteiger partial charge in [0.25, 0.3) is 0 Å². The fourth-order valence-corrected chi connectivity index (χ4v) is 1.55. The lowest BCUT2D eigenvalue weighted by molar-refractivity contribution is 0.803. The van der Waals surface area contributed by atoms with Crippen molar-refractivity contribution < 1.29 is 0 Å². The topological polar surface area (TPSA) is 69.6 Å². The molecule has 2 N–H and O–H groups in total. The van der Waals surface area contributed by atoms with Gasteiger partial charge in [-0.2, -0.15) is 4.68 Å². The zero-order chi connectivity index (χ0) is 11.7. The molecule has 2 aromatic rings. The van der Waals surface area contributed by atoms with Gasteiger partial charge in [0.05, 0.1) is 0 Å². The maximum absolute atomic E-state index is 5.56. The second kappa shape index (κ2) is 3.97. The van der Waals surface area contributed by atoms with Gasteiger partial charge in [-0.1, -0.05) is 12.2 Å². The minimum Gasteiger partial charge on any atom is -0.389 e. The van der Waals surface area contributed by atoms with Crippen molar-refractivity contribution in [3.63, 3.8) is 0 Å². The van der Waals surface area contributed by atoms with E-state index in [1.165, 1.54) is 0 Å². The van der Waals surface area contributed by atoms with E-state index in [0.717, 1.165) is 11.4 Å². The molecule has 2 heterocycles. The van der Waals surface area contributed by atoms with E-state index in [0.29, 0.717) is 16.6 Å². The van der Waals surface area contributed by atoms with Crippen molar-refractivity contribution in [2.75, 3.05) is 0 Å². The maximum atomic E-state index is 5.56. The van der Waals surface area contributed by atoms with Gasteiger partial charge in [-0.15, -0.1) is 5.10 Å². The van der Waals surface area contributed by atoms with Crippen molar-refractivity contribution in [1.29, 1.82) is 0 Å². The van der Waals surface area contributed by atoms with Crippen molar-refractivity contribution in [2.24, 2.45) is 5.73 Å². The Kier molecular flexibility index (Phi) is 2.66. The molecular formula is C10H11N5S. The maximum Gasteiger partial charge on any atom is 0.156 e. The fraction of sp³-hybridized carbons (Fsp3) is 0.200. The lowest BCUT2D eigenvalue weighted by Crippen LogP contribution is -2.11. The number of rotatable bonds is 2. The van der Waals surface area contributed by atoms with Gasteiger partial charge >= 0.3 is 0 Å². The Labute approximate surface area is 98.3 Å². The van der Waals surface area contributed by atoms with E-state index in [4.69, 9.17) is 18.0 Å². The summed E-state index contributed by atoms with van der Waals surface area (Å²) in [6.07, 6.45) is 1.65. The first-order valence-corrected chi connectivity index (χ1v) is 5.15. The molecule has 6 heteroatoms. The first kappa shape index (κ1) is 10.7. The van der Waals surface area contributed by atoms with Crippen LogP contribution in [0.2, 0.25) is 0 Å². The molecule has 0 aliphatic heterocycles. The third kappa shape index (κ3) is 1.92. The van der Waals surface area contributed by atoms with Crippen LogP contribution < -0.4 is 5.73 Å². The molecule has 0 aliphatic carbocycles. The lowest BCUT2D eigenvalue weighted by atomic mass is 10.2. The van der Waals surface area contributed by atoms with Gasteiger partial charge in [0.2, 0.25) is 0 Å². The molecule has 0 saturated carbocycles. The minimum absolute atomic E-state index is 0.346. The van der Waals surface area contributed by atoms with Crippen molar-refractivity contribution in [2.45, 2.75) is 13.8 Å². The number of aromatic nitrogens is 4. The van der Waals surface area contributed by atoms with Gasteiger partial charge in [0.1, 0.15) is 16.6 Å². The van der Waals surface area contributed by atoms with Crippen molar-refractivity contribution >= 4 is 17.2 Å². The van der Waals surface area contributed by atoms with Gasteiger partial charge in [-0.05, 0) is 26.0 Å². The van der Waals surface area contributed by atoms with Crippen LogP contribution in [0.15, 0.2) is 18.3 Å². The SMILES string of the molecule is Cc1nc(C)n(-c2cc(C(N)=S)ccn2)n1. The molecule has 16 heavy (non-hydrogen) atoms. The standard InChI is InChI=1S/C10H11N5S/c1-6-13-7(2)15(14-6)9-5-8(10(11)16)3-4-12-9/h3-5H,1-2H3,(H2,11,16). The van der Waals surface area contributed by atoms with Crippen LogP contribution in [-0.4, -0.2) is 24.7 Å². The van der Waals surface area contributed by atoms with Gasteiger partial charge in [0, 0.05) is 11.8 Å². The van der Waals surface area contributed by atoms with Crippen LogP contribution in [0.1, 0.15) is 17.2 Å². The molecule has 0 unspecified atom stereocenters.